The Morgan fingerprint density at radius 3 is 2.71 bits per heavy atom. The van der Waals surface area contributed by atoms with Crippen LogP contribution in [0.4, 0.5) is 0 Å². The van der Waals surface area contributed by atoms with Crippen LogP contribution in [0.3, 0.4) is 0 Å². The highest BCUT2D eigenvalue weighted by Crippen LogP contribution is 2.28. The zero-order valence-corrected chi connectivity index (χ0v) is 15.1. The Labute approximate surface area is 136 Å². The fraction of sp³-hybridized carbons (Fsp3) is 0.750. The van der Waals surface area contributed by atoms with Crippen molar-refractivity contribution in [2.24, 2.45) is 11.8 Å². The molecule has 0 aliphatic carbocycles. The van der Waals surface area contributed by atoms with Crippen LogP contribution in [0, 0.1) is 18.8 Å². The molecule has 0 N–H and O–H groups in total. The summed E-state index contributed by atoms with van der Waals surface area (Å²) in [6.45, 7) is 11.0. The molecule has 4 nitrogen and oxygen atoms in total. The summed E-state index contributed by atoms with van der Waals surface area (Å²) >= 11 is 3.62. The summed E-state index contributed by atoms with van der Waals surface area (Å²) in [5.74, 6) is 1.61. The predicted molar refractivity (Wildman–Crippen MR) is 87.9 cm³/mol. The third-order valence-electron chi connectivity index (χ3n) is 4.59. The third-order valence-corrected chi connectivity index (χ3v) is 5.62. The van der Waals surface area contributed by atoms with Crippen LogP contribution in [0.2, 0.25) is 0 Å². The maximum Gasteiger partial charge on any atom is 0.222 e. The number of nitrogens with zero attached hydrogens (tertiary/aromatic N) is 3. The fourth-order valence-electron chi connectivity index (χ4n) is 3.09. The van der Waals surface area contributed by atoms with Crippen molar-refractivity contribution in [1.82, 2.24) is 14.7 Å². The summed E-state index contributed by atoms with van der Waals surface area (Å²) in [6, 6.07) is 0. The van der Waals surface area contributed by atoms with Crippen molar-refractivity contribution in [3.05, 3.63) is 15.9 Å². The first-order valence-electron chi connectivity index (χ1n) is 7.93. The predicted octanol–water partition coefficient (Wildman–Crippen LogP) is 3.76. The fourth-order valence-corrected chi connectivity index (χ4v) is 3.50. The molecule has 2 rings (SSSR count). The van der Waals surface area contributed by atoms with Gasteiger partial charge in [-0.05, 0) is 54.5 Å². The average Bonchev–Trinajstić information content (AvgIpc) is 2.61. The highest BCUT2D eigenvalue weighted by atomic mass is 79.9. The van der Waals surface area contributed by atoms with Crippen LogP contribution in [0.1, 0.15) is 51.4 Å². The Morgan fingerprint density at radius 1 is 1.38 bits per heavy atom. The third kappa shape index (κ3) is 3.68. The number of carbonyl (C=O) groups excluding carboxylic acids is 1. The van der Waals surface area contributed by atoms with E-state index in [1.165, 1.54) is 0 Å². The molecule has 21 heavy (non-hydrogen) atoms. The van der Waals surface area contributed by atoms with Crippen molar-refractivity contribution in [2.75, 3.05) is 6.54 Å². The second-order valence-electron chi connectivity index (χ2n) is 6.31. The first kappa shape index (κ1) is 16.5. The molecule has 2 heterocycles. The average molecular weight is 356 g/mol. The molecule has 5 heteroatoms. The van der Waals surface area contributed by atoms with Crippen molar-refractivity contribution in [3.8, 4) is 0 Å². The van der Waals surface area contributed by atoms with Gasteiger partial charge in [0.15, 0.2) is 0 Å². The second kappa shape index (κ2) is 6.95. The van der Waals surface area contributed by atoms with Crippen LogP contribution in [-0.4, -0.2) is 27.1 Å². The van der Waals surface area contributed by atoms with E-state index in [1.807, 2.05) is 16.5 Å². The van der Waals surface area contributed by atoms with E-state index in [4.69, 9.17) is 0 Å². The van der Waals surface area contributed by atoms with E-state index in [2.05, 4.69) is 41.8 Å². The minimum absolute atomic E-state index is 0.284. The first-order chi connectivity index (χ1) is 9.93. The van der Waals surface area contributed by atoms with Crippen molar-refractivity contribution in [3.63, 3.8) is 0 Å². The summed E-state index contributed by atoms with van der Waals surface area (Å²) in [5, 5.41) is 4.52. The molecule has 1 saturated heterocycles. The lowest BCUT2D eigenvalue weighted by Crippen LogP contribution is -2.31. The molecule has 1 aliphatic heterocycles. The van der Waals surface area contributed by atoms with Gasteiger partial charge in [0.25, 0.3) is 0 Å². The van der Waals surface area contributed by atoms with E-state index < -0.39 is 0 Å². The van der Waals surface area contributed by atoms with E-state index in [0.29, 0.717) is 24.8 Å². The van der Waals surface area contributed by atoms with Gasteiger partial charge in [0.05, 0.1) is 22.4 Å². The van der Waals surface area contributed by atoms with Gasteiger partial charge < -0.3 is 4.90 Å². The molecule has 1 amide bonds. The highest BCUT2D eigenvalue weighted by molar-refractivity contribution is 9.10. The summed E-state index contributed by atoms with van der Waals surface area (Å²) < 4.78 is 3.04. The Morgan fingerprint density at radius 2 is 2.10 bits per heavy atom. The largest absolute Gasteiger partial charge is 0.337 e. The van der Waals surface area contributed by atoms with E-state index >= 15 is 0 Å². The quantitative estimate of drug-likeness (QED) is 0.824. The molecule has 0 bridgehead atoms. The normalized spacial score (nSPS) is 20.2. The molecule has 1 fully saturated rings. The number of halogens is 1. The zero-order chi connectivity index (χ0) is 15.6. The van der Waals surface area contributed by atoms with Crippen molar-refractivity contribution < 1.29 is 4.79 Å². The standard InChI is InChI=1S/C16H26BrN3O/c1-5-20-14(16(17)12(4)18-20)10-19-9-8-13(11(2)3)6-7-15(19)21/h11,13H,5-10H2,1-4H3. The number of aryl methyl sites for hydroxylation is 2. The summed E-state index contributed by atoms with van der Waals surface area (Å²) in [4.78, 5) is 14.4. The molecule has 0 spiro atoms. The Kier molecular flexibility index (Phi) is 5.47. The maximum atomic E-state index is 12.4. The Bertz CT molecular complexity index is 510. The molecular formula is C16H26BrN3O. The van der Waals surface area contributed by atoms with Gasteiger partial charge >= 0.3 is 0 Å². The van der Waals surface area contributed by atoms with E-state index in [1.54, 1.807) is 0 Å². The molecule has 0 aromatic carbocycles. The number of hydrogen-bond acceptors (Lipinski definition) is 2. The van der Waals surface area contributed by atoms with Crippen LogP contribution in [0.15, 0.2) is 4.47 Å². The monoisotopic (exact) mass is 355 g/mol. The molecule has 1 atom stereocenters. The molecule has 0 saturated carbocycles. The highest BCUT2D eigenvalue weighted by Gasteiger charge is 2.26. The van der Waals surface area contributed by atoms with Gasteiger partial charge in [0.2, 0.25) is 5.91 Å². The number of amides is 1. The lowest BCUT2D eigenvalue weighted by atomic mass is 9.89. The molecular weight excluding hydrogens is 330 g/mol. The van der Waals surface area contributed by atoms with Crippen LogP contribution in [-0.2, 0) is 17.9 Å². The number of aromatic nitrogens is 2. The lowest BCUT2D eigenvalue weighted by molar-refractivity contribution is -0.131. The number of carbonyl (C=O) groups is 1. The molecule has 1 aromatic rings. The molecule has 0 radical (unpaired) electrons. The van der Waals surface area contributed by atoms with Crippen molar-refractivity contribution >= 4 is 21.8 Å². The van der Waals surface area contributed by atoms with Crippen molar-refractivity contribution in [1.29, 1.82) is 0 Å². The first-order valence-corrected chi connectivity index (χ1v) is 8.72. The van der Waals surface area contributed by atoms with E-state index in [-0.39, 0.29) is 5.91 Å². The van der Waals surface area contributed by atoms with Crippen LogP contribution in [0.25, 0.3) is 0 Å². The Hall–Kier alpha value is -0.840. The van der Waals surface area contributed by atoms with Gasteiger partial charge in [-0.2, -0.15) is 5.10 Å². The van der Waals surface area contributed by atoms with Gasteiger partial charge in [-0.25, -0.2) is 0 Å². The molecule has 118 valence electrons. The number of rotatable bonds is 4. The topological polar surface area (TPSA) is 38.1 Å². The summed E-state index contributed by atoms with van der Waals surface area (Å²) in [7, 11) is 0. The Balaban J connectivity index is 2.13. The summed E-state index contributed by atoms with van der Waals surface area (Å²) in [6.07, 6.45) is 2.82. The number of hydrogen-bond donors (Lipinski definition) is 0. The van der Waals surface area contributed by atoms with Gasteiger partial charge in [-0.1, -0.05) is 13.8 Å². The maximum absolute atomic E-state index is 12.4. The minimum atomic E-state index is 0.284. The van der Waals surface area contributed by atoms with Gasteiger partial charge in [-0.15, -0.1) is 0 Å². The van der Waals surface area contributed by atoms with Gasteiger partial charge in [0.1, 0.15) is 0 Å². The molecule has 1 unspecified atom stereocenters. The molecule has 1 aliphatic rings. The minimum Gasteiger partial charge on any atom is -0.337 e. The lowest BCUT2D eigenvalue weighted by Gasteiger charge is -2.22. The van der Waals surface area contributed by atoms with Crippen LogP contribution >= 0.6 is 15.9 Å². The van der Waals surface area contributed by atoms with Crippen LogP contribution in [0.5, 0.6) is 0 Å². The van der Waals surface area contributed by atoms with E-state index in [9.17, 15) is 4.79 Å². The molecule has 1 aromatic heterocycles. The van der Waals surface area contributed by atoms with Gasteiger partial charge in [0, 0.05) is 19.5 Å². The van der Waals surface area contributed by atoms with E-state index in [0.717, 1.165) is 41.8 Å². The summed E-state index contributed by atoms with van der Waals surface area (Å²) in [5.41, 5.74) is 2.11. The second-order valence-corrected chi connectivity index (χ2v) is 7.10. The number of likely N-dealkylation sites (tertiary alicyclic amines) is 1. The zero-order valence-electron chi connectivity index (χ0n) is 13.5. The van der Waals surface area contributed by atoms with Crippen LogP contribution < -0.4 is 0 Å². The van der Waals surface area contributed by atoms with Crippen molar-refractivity contribution in [2.45, 2.75) is 60.0 Å². The van der Waals surface area contributed by atoms with Gasteiger partial charge in [-0.3, -0.25) is 9.48 Å². The smallest absolute Gasteiger partial charge is 0.222 e. The SMILES string of the molecule is CCn1nc(C)c(Br)c1CN1CCC(C(C)C)CCC1=O.